The third-order valence-electron chi connectivity index (χ3n) is 3.34. The number of benzene rings is 1. The van der Waals surface area contributed by atoms with Gasteiger partial charge >= 0.3 is 0 Å². The molecule has 0 radical (unpaired) electrons. The lowest BCUT2D eigenvalue weighted by Gasteiger charge is -2.17. The standard InChI is InChI=1S/C15H12BrNO2S/c1-8-5-9(2)13-11(6-8)14(18)15(19)17(13)7-10-3-4-12(16)20-10/h3-6H,7H2,1-2H3. The molecule has 2 aromatic rings. The third kappa shape index (κ3) is 2.11. The molecule has 1 amide bonds. The molecule has 1 aliphatic heterocycles. The molecule has 0 fully saturated rings. The van der Waals surface area contributed by atoms with Crippen molar-refractivity contribution >= 4 is 44.6 Å². The second kappa shape index (κ2) is 4.82. The molecule has 20 heavy (non-hydrogen) atoms. The number of amides is 1. The fourth-order valence-corrected chi connectivity index (χ4v) is 4.05. The van der Waals surface area contributed by atoms with Crippen LogP contribution < -0.4 is 4.90 Å². The fourth-order valence-electron chi connectivity index (χ4n) is 2.57. The molecule has 0 aliphatic carbocycles. The van der Waals surface area contributed by atoms with E-state index in [-0.39, 0.29) is 0 Å². The SMILES string of the molecule is Cc1cc(C)c2c(c1)C(=O)C(=O)N2Cc1ccc(Br)s1. The molecule has 0 unspecified atom stereocenters. The van der Waals surface area contributed by atoms with Gasteiger partial charge in [-0.05, 0) is 59.1 Å². The second-order valence-electron chi connectivity index (χ2n) is 4.90. The summed E-state index contributed by atoms with van der Waals surface area (Å²) in [6.07, 6.45) is 0. The highest BCUT2D eigenvalue weighted by Gasteiger charge is 2.37. The number of hydrogen-bond acceptors (Lipinski definition) is 3. The highest BCUT2D eigenvalue weighted by molar-refractivity contribution is 9.11. The van der Waals surface area contributed by atoms with Crippen molar-refractivity contribution in [1.29, 1.82) is 0 Å². The first-order chi connectivity index (χ1) is 9.47. The summed E-state index contributed by atoms with van der Waals surface area (Å²) in [5, 5.41) is 0. The third-order valence-corrected chi connectivity index (χ3v) is 4.95. The van der Waals surface area contributed by atoms with Crippen LogP contribution in [0.15, 0.2) is 28.1 Å². The zero-order valence-corrected chi connectivity index (χ0v) is 13.5. The Morgan fingerprint density at radius 3 is 2.60 bits per heavy atom. The van der Waals surface area contributed by atoms with Crippen molar-refractivity contribution in [2.45, 2.75) is 20.4 Å². The van der Waals surface area contributed by atoms with Gasteiger partial charge in [0.1, 0.15) is 0 Å². The zero-order chi connectivity index (χ0) is 14.4. The molecule has 1 aliphatic rings. The van der Waals surface area contributed by atoms with Crippen molar-refractivity contribution in [2.24, 2.45) is 0 Å². The Hall–Kier alpha value is -1.46. The zero-order valence-electron chi connectivity index (χ0n) is 11.1. The fraction of sp³-hybridized carbons (Fsp3) is 0.200. The number of ketones is 1. The quantitative estimate of drug-likeness (QED) is 0.772. The first-order valence-corrected chi connectivity index (χ1v) is 7.80. The minimum atomic E-state index is -0.432. The van der Waals surface area contributed by atoms with Gasteiger partial charge < -0.3 is 0 Å². The number of halogens is 1. The number of carbonyl (C=O) groups excluding carboxylic acids is 2. The van der Waals surface area contributed by atoms with Crippen LogP contribution in [0.1, 0.15) is 26.4 Å². The van der Waals surface area contributed by atoms with Gasteiger partial charge in [0.25, 0.3) is 11.7 Å². The number of Topliss-reactive ketones (excluding diaryl/α,β-unsaturated/α-hetero) is 1. The maximum atomic E-state index is 12.2. The van der Waals surface area contributed by atoms with Crippen LogP contribution in [-0.4, -0.2) is 11.7 Å². The molecule has 0 saturated heterocycles. The van der Waals surface area contributed by atoms with Crippen LogP contribution in [-0.2, 0) is 11.3 Å². The van der Waals surface area contributed by atoms with Gasteiger partial charge in [-0.1, -0.05) is 6.07 Å². The predicted octanol–water partition coefficient (Wildman–Crippen LogP) is 3.86. The number of fused-ring (bicyclic) bond motifs is 1. The number of nitrogens with zero attached hydrogens (tertiary/aromatic N) is 1. The molecule has 102 valence electrons. The van der Waals surface area contributed by atoms with Crippen LogP contribution in [0.25, 0.3) is 0 Å². The molecule has 3 rings (SSSR count). The maximum absolute atomic E-state index is 12.2. The van der Waals surface area contributed by atoms with E-state index >= 15 is 0 Å². The number of rotatable bonds is 2. The van der Waals surface area contributed by atoms with Crippen LogP contribution in [0, 0.1) is 13.8 Å². The average molecular weight is 350 g/mol. The Morgan fingerprint density at radius 2 is 1.95 bits per heavy atom. The molecule has 0 saturated carbocycles. The summed E-state index contributed by atoms with van der Waals surface area (Å²) in [5.41, 5.74) is 3.26. The monoisotopic (exact) mass is 349 g/mol. The van der Waals surface area contributed by atoms with Crippen molar-refractivity contribution in [3.63, 3.8) is 0 Å². The van der Waals surface area contributed by atoms with Gasteiger partial charge in [-0.2, -0.15) is 0 Å². The van der Waals surface area contributed by atoms with E-state index in [0.717, 1.165) is 25.5 Å². The van der Waals surface area contributed by atoms with Crippen molar-refractivity contribution in [3.05, 3.63) is 49.6 Å². The molecule has 2 heterocycles. The van der Waals surface area contributed by atoms with E-state index < -0.39 is 11.7 Å². The molecule has 0 atom stereocenters. The highest BCUT2D eigenvalue weighted by atomic mass is 79.9. The lowest BCUT2D eigenvalue weighted by Crippen LogP contribution is -2.29. The van der Waals surface area contributed by atoms with Crippen LogP contribution in [0.2, 0.25) is 0 Å². The summed E-state index contributed by atoms with van der Waals surface area (Å²) in [7, 11) is 0. The Balaban J connectivity index is 2.06. The highest BCUT2D eigenvalue weighted by Crippen LogP contribution is 2.35. The Morgan fingerprint density at radius 1 is 1.20 bits per heavy atom. The number of carbonyl (C=O) groups is 2. The van der Waals surface area contributed by atoms with E-state index in [1.807, 2.05) is 32.0 Å². The topological polar surface area (TPSA) is 37.4 Å². The van der Waals surface area contributed by atoms with Gasteiger partial charge in [0.2, 0.25) is 0 Å². The van der Waals surface area contributed by atoms with Crippen LogP contribution in [0.3, 0.4) is 0 Å². The first kappa shape index (κ1) is 13.5. The first-order valence-electron chi connectivity index (χ1n) is 6.19. The van der Waals surface area contributed by atoms with E-state index in [1.54, 1.807) is 22.3 Å². The molecular weight excluding hydrogens is 338 g/mol. The normalized spacial score (nSPS) is 14.1. The van der Waals surface area contributed by atoms with Crippen molar-refractivity contribution < 1.29 is 9.59 Å². The van der Waals surface area contributed by atoms with E-state index in [4.69, 9.17) is 0 Å². The summed E-state index contributed by atoms with van der Waals surface area (Å²) in [6, 6.07) is 7.72. The van der Waals surface area contributed by atoms with Crippen LogP contribution in [0.4, 0.5) is 5.69 Å². The van der Waals surface area contributed by atoms with Crippen LogP contribution >= 0.6 is 27.3 Å². The molecule has 0 spiro atoms. The van der Waals surface area contributed by atoms with Crippen molar-refractivity contribution in [1.82, 2.24) is 0 Å². The van der Waals surface area contributed by atoms with Gasteiger partial charge in [-0.15, -0.1) is 11.3 Å². The largest absolute Gasteiger partial charge is 0.299 e. The van der Waals surface area contributed by atoms with Gasteiger partial charge in [0, 0.05) is 4.88 Å². The minimum absolute atomic E-state index is 0.401. The number of thiophene rings is 1. The molecule has 1 aromatic heterocycles. The Bertz CT molecular complexity index is 735. The summed E-state index contributed by atoms with van der Waals surface area (Å²) in [4.78, 5) is 27.0. The number of hydrogen-bond donors (Lipinski definition) is 0. The summed E-state index contributed by atoms with van der Waals surface area (Å²) >= 11 is 4.99. The molecular formula is C15H12BrNO2S. The smallest absolute Gasteiger partial charge is 0.299 e. The minimum Gasteiger partial charge on any atom is -0.299 e. The molecule has 1 aromatic carbocycles. The van der Waals surface area contributed by atoms with E-state index in [0.29, 0.717) is 12.1 Å². The van der Waals surface area contributed by atoms with Gasteiger partial charge in [-0.3, -0.25) is 14.5 Å². The van der Waals surface area contributed by atoms with E-state index in [9.17, 15) is 9.59 Å². The Kier molecular flexibility index (Phi) is 3.26. The molecule has 0 N–H and O–H groups in total. The maximum Gasteiger partial charge on any atom is 0.299 e. The van der Waals surface area contributed by atoms with Gasteiger partial charge in [0.05, 0.1) is 21.6 Å². The predicted molar refractivity (Wildman–Crippen MR) is 83.5 cm³/mol. The summed E-state index contributed by atoms with van der Waals surface area (Å²) < 4.78 is 1.02. The van der Waals surface area contributed by atoms with E-state index in [1.165, 1.54) is 0 Å². The molecule has 5 heteroatoms. The number of aryl methyl sites for hydroxylation is 2. The lowest BCUT2D eigenvalue weighted by molar-refractivity contribution is -0.114. The van der Waals surface area contributed by atoms with Crippen LogP contribution in [0.5, 0.6) is 0 Å². The number of anilines is 1. The van der Waals surface area contributed by atoms with Crippen molar-refractivity contribution in [3.8, 4) is 0 Å². The lowest BCUT2D eigenvalue weighted by atomic mass is 10.0. The van der Waals surface area contributed by atoms with E-state index in [2.05, 4.69) is 15.9 Å². The summed E-state index contributed by atoms with van der Waals surface area (Å²) in [5.74, 6) is -0.833. The Labute approximate surface area is 129 Å². The van der Waals surface area contributed by atoms with Gasteiger partial charge in [0.15, 0.2) is 0 Å². The molecule has 3 nitrogen and oxygen atoms in total. The van der Waals surface area contributed by atoms with Crippen molar-refractivity contribution in [2.75, 3.05) is 4.90 Å². The second-order valence-corrected chi connectivity index (χ2v) is 7.45. The summed E-state index contributed by atoms with van der Waals surface area (Å²) in [6.45, 7) is 4.32. The molecule has 0 bridgehead atoms. The van der Waals surface area contributed by atoms with Gasteiger partial charge in [-0.25, -0.2) is 0 Å². The average Bonchev–Trinajstić information content (AvgIpc) is 2.88.